The van der Waals surface area contributed by atoms with Gasteiger partial charge >= 0.3 is 0 Å². The minimum atomic E-state index is -0.382. The average Bonchev–Trinajstić information content (AvgIpc) is 2.34. The van der Waals surface area contributed by atoms with Gasteiger partial charge in [-0.25, -0.2) is 0 Å². The van der Waals surface area contributed by atoms with Gasteiger partial charge in [0.25, 0.3) is 5.69 Å². The fourth-order valence-corrected chi connectivity index (χ4v) is 1.62. The monoisotopic (exact) mass is 238 g/mol. The second-order valence-corrected chi connectivity index (χ2v) is 3.74. The molecule has 0 spiro atoms. The molecule has 1 N–H and O–H groups in total. The van der Waals surface area contributed by atoms with Crippen molar-refractivity contribution < 1.29 is 9.76 Å². The molecule has 0 aliphatic rings. The van der Waals surface area contributed by atoms with Crippen LogP contribution < -0.4 is 5.48 Å². The third-order valence-electron chi connectivity index (χ3n) is 2.43. The first kappa shape index (κ1) is 13.6. The van der Waals surface area contributed by atoms with E-state index in [1.54, 1.807) is 12.1 Å². The van der Waals surface area contributed by atoms with E-state index in [0.29, 0.717) is 6.61 Å². The first-order chi connectivity index (χ1) is 8.19. The van der Waals surface area contributed by atoms with Gasteiger partial charge in [-0.15, -0.1) is 0 Å². The molecule has 0 aliphatic heterocycles. The molecule has 0 saturated carbocycles. The van der Waals surface area contributed by atoms with E-state index < -0.39 is 0 Å². The van der Waals surface area contributed by atoms with Crippen molar-refractivity contribution in [3.63, 3.8) is 0 Å². The molecule has 0 radical (unpaired) electrons. The Morgan fingerprint density at radius 3 is 2.82 bits per heavy atom. The first-order valence-electron chi connectivity index (χ1n) is 5.80. The number of hydroxylamine groups is 1. The van der Waals surface area contributed by atoms with Crippen LogP contribution in [0.2, 0.25) is 0 Å². The minimum Gasteiger partial charge on any atom is -0.302 e. The minimum absolute atomic E-state index is 0.000139. The molecule has 1 unspecified atom stereocenters. The number of hydrogen-bond donors (Lipinski definition) is 1. The van der Waals surface area contributed by atoms with Gasteiger partial charge in [0.15, 0.2) is 0 Å². The maximum Gasteiger partial charge on any atom is 0.269 e. The standard InChI is InChI=1S/C12H18N2O3/c1-3-6-12(13-17-4-2)10-7-5-8-11(9-10)14(15)16/h5,7-9,12-13H,3-4,6H2,1-2H3. The number of nitro benzene ring substituents is 1. The fraction of sp³-hybridized carbons (Fsp3) is 0.500. The van der Waals surface area contributed by atoms with Gasteiger partial charge in [-0.3, -0.25) is 10.1 Å². The Balaban J connectivity index is 2.84. The maximum absolute atomic E-state index is 10.7. The lowest BCUT2D eigenvalue weighted by molar-refractivity contribution is -0.384. The summed E-state index contributed by atoms with van der Waals surface area (Å²) in [5, 5.41) is 10.7. The zero-order chi connectivity index (χ0) is 12.7. The molecule has 0 fully saturated rings. The van der Waals surface area contributed by atoms with Gasteiger partial charge in [-0.05, 0) is 18.9 Å². The molecule has 0 amide bonds. The average molecular weight is 238 g/mol. The Labute approximate surface area is 101 Å². The van der Waals surface area contributed by atoms with Crippen molar-refractivity contribution in [3.05, 3.63) is 39.9 Å². The molecule has 5 heteroatoms. The molecule has 0 aliphatic carbocycles. The van der Waals surface area contributed by atoms with Crippen molar-refractivity contribution in [2.24, 2.45) is 0 Å². The van der Waals surface area contributed by atoms with Crippen LogP contribution in [0.4, 0.5) is 5.69 Å². The van der Waals surface area contributed by atoms with E-state index >= 15 is 0 Å². The number of benzene rings is 1. The third-order valence-corrected chi connectivity index (χ3v) is 2.43. The topological polar surface area (TPSA) is 64.4 Å². The summed E-state index contributed by atoms with van der Waals surface area (Å²) in [4.78, 5) is 15.5. The third kappa shape index (κ3) is 4.13. The van der Waals surface area contributed by atoms with E-state index in [9.17, 15) is 10.1 Å². The van der Waals surface area contributed by atoms with Gasteiger partial charge in [-0.2, -0.15) is 5.48 Å². The van der Waals surface area contributed by atoms with Crippen LogP contribution in [-0.2, 0) is 4.84 Å². The summed E-state index contributed by atoms with van der Waals surface area (Å²) in [6.07, 6.45) is 1.86. The number of hydrogen-bond acceptors (Lipinski definition) is 4. The predicted octanol–water partition coefficient (Wildman–Crippen LogP) is 2.98. The zero-order valence-corrected chi connectivity index (χ0v) is 10.2. The molecule has 1 rings (SSSR count). The second-order valence-electron chi connectivity index (χ2n) is 3.74. The Morgan fingerprint density at radius 1 is 1.47 bits per heavy atom. The predicted molar refractivity (Wildman–Crippen MR) is 65.5 cm³/mol. The largest absolute Gasteiger partial charge is 0.302 e. The van der Waals surface area contributed by atoms with Crippen LogP contribution in [-0.4, -0.2) is 11.5 Å². The number of non-ortho nitro benzene ring substituents is 1. The molecule has 0 heterocycles. The van der Waals surface area contributed by atoms with Gasteiger partial charge in [-0.1, -0.05) is 25.5 Å². The van der Waals surface area contributed by atoms with Crippen LogP contribution >= 0.6 is 0 Å². The number of rotatable bonds is 7. The SMILES string of the molecule is CCCC(NOCC)c1cccc([N+](=O)[O-])c1. The molecular formula is C12H18N2O3. The van der Waals surface area contributed by atoms with E-state index in [2.05, 4.69) is 12.4 Å². The number of nitrogens with zero attached hydrogens (tertiary/aromatic N) is 1. The molecule has 5 nitrogen and oxygen atoms in total. The van der Waals surface area contributed by atoms with Crippen molar-refractivity contribution in [2.75, 3.05) is 6.61 Å². The lowest BCUT2D eigenvalue weighted by atomic mass is 10.0. The van der Waals surface area contributed by atoms with Gasteiger partial charge in [0.2, 0.25) is 0 Å². The Bertz CT molecular complexity index is 369. The summed E-state index contributed by atoms with van der Waals surface area (Å²) in [5.41, 5.74) is 3.93. The smallest absolute Gasteiger partial charge is 0.269 e. The van der Waals surface area contributed by atoms with Crippen molar-refractivity contribution in [1.82, 2.24) is 5.48 Å². The molecule has 17 heavy (non-hydrogen) atoms. The zero-order valence-electron chi connectivity index (χ0n) is 10.2. The van der Waals surface area contributed by atoms with Crippen LogP contribution in [0.1, 0.15) is 38.3 Å². The van der Waals surface area contributed by atoms with Crippen LogP contribution in [0, 0.1) is 10.1 Å². The quantitative estimate of drug-likeness (QED) is 0.586. The molecule has 1 aromatic carbocycles. The highest BCUT2D eigenvalue weighted by Crippen LogP contribution is 2.22. The van der Waals surface area contributed by atoms with Crippen LogP contribution in [0.25, 0.3) is 0 Å². The van der Waals surface area contributed by atoms with Crippen LogP contribution in [0.5, 0.6) is 0 Å². The highest BCUT2D eigenvalue weighted by atomic mass is 16.6. The number of nitrogens with one attached hydrogen (secondary N) is 1. The van der Waals surface area contributed by atoms with Gasteiger partial charge in [0.05, 0.1) is 17.6 Å². The van der Waals surface area contributed by atoms with E-state index in [1.165, 1.54) is 6.07 Å². The van der Waals surface area contributed by atoms with E-state index in [1.807, 2.05) is 13.0 Å². The summed E-state index contributed by atoms with van der Waals surface area (Å²) < 4.78 is 0. The summed E-state index contributed by atoms with van der Waals surface area (Å²) in [6, 6.07) is 6.66. The lowest BCUT2D eigenvalue weighted by Crippen LogP contribution is -2.21. The van der Waals surface area contributed by atoms with Crippen molar-refractivity contribution in [2.45, 2.75) is 32.7 Å². The van der Waals surface area contributed by atoms with Crippen molar-refractivity contribution in [1.29, 1.82) is 0 Å². The first-order valence-corrected chi connectivity index (χ1v) is 5.80. The van der Waals surface area contributed by atoms with Gasteiger partial charge in [0.1, 0.15) is 0 Å². The lowest BCUT2D eigenvalue weighted by Gasteiger charge is -2.17. The van der Waals surface area contributed by atoms with Crippen molar-refractivity contribution >= 4 is 5.69 Å². The maximum atomic E-state index is 10.7. The van der Waals surface area contributed by atoms with Gasteiger partial charge in [0, 0.05) is 12.1 Å². The summed E-state index contributed by atoms with van der Waals surface area (Å²) in [6.45, 7) is 4.52. The van der Waals surface area contributed by atoms with Gasteiger partial charge < -0.3 is 4.84 Å². The molecule has 0 bridgehead atoms. The summed E-state index contributed by atoms with van der Waals surface area (Å²) >= 11 is 0. The normalized spacial score (nSPS) is 12.4. The Morgan fingerprint density at radius 2 is 2.24 bits per heavy atom. The van der Waals surface area contributed by atoms with E-state index in [4.69, 9.17) is 4.84 Å². The fourth-order valence-electron chi connectivity index (χ4n) is 1.62. The van der Waals surface area contributed by atoms with Crippen molar-refractivity contribution in [3.8, 4) is 0 Å². The summed E-state index contributed by atoms with van der Waals surface area (Å²) in [5.74, 6) is 0. The molecule has 94 valence electrons. The van der Waals surface area contributed by atoms with Crippen LogP contribution in [0.15, 0.2) is 24.3 Å². The Hall–Kier alpha value is -1.46. The molecule has 0 saturated heterocycles. The summed E-state index contributed by atoms with van der Waals surface area (Å²) in [7, 11) is 0. The molecular weight excluding hydrogens is 220 g/mol. The van der Waals surface area contributed by atoms with Crippen LogP contribution in [0.3, 0.4) is 0 Å². The Kier molecular flexibility index (Phi) is 5.59. The van der Waals surface area contributed by atoms with E-state index in [-0.39, 0.29) is 16.7 Å². The number of nitro groups is 1. The highest BCUT2D eigenvalue weighted by molar-refractivity contribution is 5.35. The highest BCUT2D eigenvalue weighted by Gasteiger charge is 2.13. The second kappa shape index (κ2) is 6.98. The molecule has 1 aromatic rings. The molecule has 0 aromatic heterocycles. The molecule has 1 atom stereocenters. The van der Waals surface area contributed by atoms with E-state index in [0.717, 1.165) is 18.4 Å².